The molecule has 2 aliphatic rings. The molecule has 0 saturated heterocycles. The predicted octanol–water partition coefficient (Wildman–Crippen LogP) is 8.18. The lowest BCUT2D eigenvalue weighted by Crippen LogP contribution is -2.33. The standard InChI is InChI=1S/C35H26N2OS/c1-3-9-24(10-4-1)35-36-31-20-16-23-15-17-26(21-30(23)34(31)38-35)37(25-11-5-2-6-12-25)27-18-19-29-28-13-7-8-14-32(28)39-33(29)22-27/h1-14,18-23H,15-17H2. The summed E-state index contributed by atoms with van der Waals surface area (Å²) >= 11 is 1.87. The summed E-state index contributed by atoms with van der Waals surface area (Å²) in [6.45, 7) is 0. The highest BCUT2D eigenvalue weighted by atomic mass is 32.1. The van der Waals surface area contributed by atoms with Gasteiger partial charge in [-0.1, -0.05) is 66.7 Å². The fraction of sp³-hybridized carbons (Fsp3) is 0.114. The van der Waals surface area contributed by atoms with Crippen LogP contribution in [-0.2, 0) is 0 Å². The largest absolute Gasteiger partial charge is 0.436 e. The number of nitrogens with zero attached hydrogens (tertiary/aromatic N) is 2. The summed E-state index contributed by atoms with van der Waals surface area (Å²) in [7, 11) is 0. The molecule has 0 fully saturated rings. The van der Waals surface area contributed by atoms with Gasteiger partial charge in [-0.25, -0.2) is 4.98 Å². The fourth-order valence-corrected chi connectivity index (χ4v) is 7.21. The van der Waals surface area contributed by atoms with Crippen molar-refractivity contribution >= 4 is 54.5 Å². The van der Waals surface area contributed by atoms with Gasteiger partial charge in [-0.15, -0.1) is 11.3 Å². The quantitative estimate of drug-likeness (QED) is 0.234. The van der Waals surface area contributed by atoms with Gasteiger partial charge in [-0.3, -0.25) is 0 Å². The maximum Gasteiger partial charge on any atom is 0.227 e. The third-order valence-corrected chi connectivity index (χ3v) is 9.10. The van der Waals surface area contributed by atoms with Gasteiger partial charge in [-0.2, -0.15) is 0 Å². The van der Waals surface area contributed by atoms with Gasteiger partial charge in [0.05, 0.1) is 0 Å². The second-order valence-electron chi connectivity index (χ2n) is 10.3. The summed E-state index contributed by atoms with van der Waals surface area (Å²) in [5.41, 5.74) is 6.87. The van der Waals surface area contributed by atoms with Crippen molar-refractivity contribution in [1.29, 1.82) is 0 Å². The summed E-state index contributed by atoms with van der Waals surface area (Å²) in [5, 5.41) is 3.62. The number of allylic oxidation sites excluding steroid dienone is 2. The maximum absolute atomic E-state index is 6.45. The Morgan fingerprint density at radius 2 is 1.54 bits per heavy atom. The number of anilines is 2. The second-order valence-corrected chi connectivity index (χ2v) is 11.4. The van der Waals surface area contributed by atoms with Crippen molar-refractivity contribution in [2.24, 2.45) is 5.92 Å². The van der Waals surface area contributed by atoms with Crippen LogP contribution < -0.4 is 15.7 Å². The molecule has 1 atom stereocenters. The summed E-state index contributed by atoms with van der Waals surface area (Å²) in [6.07, 6.45) is 7.74. The smallest absolute Gasteiger partial charge is 0.227 e. The average molecular weight is 523 g/mol. The van der Waals surface area contributed by atoms with Gasteiger partial charge >= 0.3 is 0 Å². The fourth-order valence-electron chi connectivity index (χ4n) is 6.07. The van der Waals surface area contributed by atoms with Crippen LogP contribution in [0.5, 0.6) is 0 Å². The first-order valence-electron chi connectivity index (χ1n) is 13.6. The van der Waals surface area contributed by atoms with Crippen molar-refractivity contribution in [2.75, 3.05) is 4.90 Å². The van der Waals surface area contributed by atoms with Crippen LogP contribution in [0.15, 0.2) is 119 Å². The minimum absolute atomic E-state index is 0.459. The molecule has 0 bridgehead atoms. The zero-order chi connectivity index (χ0) is 25.8. The molecule has 0 amide bonds. The Bertz CT molecular complexity index is 2000. The third-order valence-electron chi connectivity index (χ3n) is 7.97. The van der Waals surface area contributed by atoms with Crippen LogP contribution in [0, 0.1) is 5.92 Å². The normalized spacial score (nSPS) is 16.5. The highest BCUT2D eigenvalue weighted by molar-refractivity contribution is 7.25. The number of benzene rings is 4. The van der Waals surface area contributed by atoms with E-state index < -0.39 is 0 Å². The van der Waals surface area contributed by atoms with Gasteiger partial charge < -0.3 is 9.32 Å². The van der Waals surface area contributed by atoms with Crippen LogP contribution in [0.4, 0.5) is 11.4 Å². The van der Waals surface area contributed by atoms with Gasteiger partial charge in [0.15, 0.2) is 5.42 Å². The number of rotatable bonds is 4. The number of oxazole rings is 1. The van der Waals surface area contributed by atoms with Crippen LogP contribution in [0.25, 0.3) is 43.3 Å². The van der Waals surface area contributed by atoms with E-state index in [4.69, 9.17) is 9.40 Å². The third kappa shape index (κ3) is 3.83. The van der Waals surface area contributed by atoms with E-state index in [1.807, 2.05) is 29.5 Å². The Kier molecular flexibility index (Phi) is 5.27. The van der Waals surface area contributed by atoms with E-state index in [0.29, 0.717) is 11.8 Å². The van der Waals surface area contributed by atoms with E-state index >= 15 is 0 Å². The zero-order valence-corrected chi connectivity index (χ0v) is 22.2. The van der Waals surface area contributed by atoms with Gasteiger partial charge in [0.2, 0.25) is 5.89 Å². The number of para-hydroxylation sites is 1. The molecule has 4 heteroatoms. The van der Waals surface area contributed by atoms with Gasteiger partial charge in [0.25, 0.3) is 0 Å². The summed E-state index contributed by atoms with van der Waals surface area (Å²) in [4.78, 5) is 7.30. The van der Waals surface area contributed by atoms with E-state index in [2.05, 4.69) is 102 Å². The molecule has 39 heavy (non-hydrogen) atoms. The SMILES string of the molecule is C1=C(N(c2ccccc2)c2ccc3c(c2)sc2ccccc23)CCC2CC=c3nc(-c4ccccc4)oc3=C12. The Balaban J connectivity index is 1.30. The zero-order valence-electron chi connectivity index (χ0n) is 21.4. The van der Waals surface area contributed by atoms with Crippen LogP contribution in [0.2, 0.25) is 0 Å². The highest BCUT2D eigenvalue weighted by Gasteiger charge is 2.27. The highest BCUT2D eigenvalue weighted by Crippen LogP contribution is 2.42. The summed E-state index contributed by atoms with van der Waals surface area (Å²) in [6, 6.07) is 36.5. The Morgan fingerprint density at radius 3 is 2.41 bits per heavy atom. The van der Waals surface area contributed by atoms with E-state index in [-0.39, 0.29) is 0 Å². The Morgan fingerprint density at radius 1 is 0.769 bits per heavy atom. The molecule has 0 saturated carbocycles. The van der Waals surface area contributed by atoms with Crippen LogP contribution in [0.1, 0.15) is 19.3 Å². The molecule has 0 spiro atoms. The first-order valence-corrected chi connectivity index (χ1v) is 14.4. The average Bonchev–Trinajstić information content (AvgIpc) is 3.60. The number of thiophene rings is 1. The monoisotopic (exact) mass is 522 g/mol. The molecule has 0 N–H and O–H groups in total. The molecule has 0 aliphatic heterocycles. The molecule has 2 aromatic heterocycles. The van der Waals surface area contributed by atoms with Crippen LogP contribution in [-0.4, -0.2) is 4.98 Å². The van der Waals surface area contributed by atoms with Crippen molar-refractivity contribution in [3.63, 3.8) is 0 Å². The summed E-state index contributed by atoms with van der Waals surface area (Å²) in [5.74, 6) is 1.15. The minimum Gasteiger partial charge on any atom is -0.436 e. The molecule has 6 aromatic rings. The van der Waals surface area contributed by atoms with E-state index in [1.165, 1.54) is 42.8 Å². The van der Waals surface area contributed by atoms with E-state index in [9.17, 15) is 0 Å². The van der Waals surface area contributed by atoms with Crippen molar-refractivity contribution in [3.05, 3.63) is 126 Å². The van der Waals surface area contributed by atoms with Crippen LogP contribution >= 0.6 is 11.3 Å². The van der Waals surface area contributed by atoms with Gasteiger partial charge in [0.1, 0.15) is 5.35 Å². The molecular weight excluding hydrogens is 496 g/mol. The molecule has 8 rings (SSSR count). The molecule has 188 valence electrons. The van der Waals surface area contributed by atoms with E-state index in [1.54, 1.807) is 0 Å². The Hall–Kier alpha value is -4.41. The van der Waals surface area contributed by atoms with Crippen molar-refractivity contribution in [2.45, 2.75) is 19.3 Å². The molecule has 2 aliphatic carbocycles. The lowest BCUT2D eigenvalue weighted by Gasteiger charge is -2.33. The number of fused-ring (bicyclic) bond motifs is 5. The minimum atomic E-state index is 0.459. The lowest BCUT2D eigenvalue weighted by atomic mass is 9.82. The molecule has 1 unspecified atom stereocenters. The van der Waals surface area contributed by atoms with Crippen LogP contribution in [0.3, 0.4) is 0 Å². The first-order chi connectivity index (χ1) is 19.3. The van der Waals surface area contributed by atoms with Crippen molar-refractivity contribution in [1.82, 2.24) is 4.98 Å². The Labute approximate surface area is 230 Å². The molecular formula is C35H26N2OS. The predicted molar refractivity (Wildman–Crippen MR) is 162 cm³/mol. The van der Waals surface area contributed by atoms with Gasteiger partial charge in [0, 0.05) is 48.4 Å². The van der Waals surface area contributed by atoms with Crippen molar-refractivity contribution in [3.8, 4) is 11.5 Å². The van der Waals surface area contributed by atoms with Crippen molar-refractivity contribution < 1.29 is 4.42 Å². The summed E-state index contributed by atoms with van der Waals surface area (Å²) < 4.78 is 9.10. The first kappa shape index (κ1) is 22.6. The number of hydrogen-bond donors (Lipinski definition) is 0. The second kappa shape index (κ2) is 9.11. The van der Waals surface area contributed by atoms with E-state index in [0.717, 1.165) is 35.6 Å². The maximum atomic E-state index is 6.45. The molecule has 0 radical (unpaired) electrons. The topological polar surface area (TPSA) is 29.3 Å². The molecule has 4 aromatic carbocycles. The lowest BCUT2D eigenvalue weighted by molar-refractivity contribution is 0.515. The molecule has 3 nitrogen and oxygen atoms in total. The van der Waals surface area contributed by atoms with Gasteiger partial charge in [-0.05, 0) is 73.7 Å². The number of hydrogen-bond acceptors (Lipinski definition) is 4. The molecule has 2 heterocycles. The number of aromatic nitrogens is 1.